The van der Waals surface area contributed by atoms with E-state index in [0.717, 1.165) is 114 Å². The molecule has 57 heavy (non-hydrogen) atoms. The number of benzene rings is 1. The number of aromatic nitrogens is 4. The van der Waals surface area contributed by atoms with Gasteiger partial charge in [-0.05, 0) is 62.6 Å². The Kier molecular flexibility index (Phi) is 12.7. The molecule has 2 N–H and O–H groups in total. The highest BCUT2D eigenvalue weighted by Crippen LogP contribution is 2.33. The maximum absolute atomic E-state index is 13.6. The van der Waals surface area contributed by atoms with Crippen LogP contribution >= 0.6 is 11.6 Å². The van der Waals surface area contributed by atoms with Crippen LogP contribution in [0.3, 0.4) is 0 Å². The second-order valence-electron chi connectivity index (χ2n) is 15.3. The maximum atomic E-state index is 13.6. The third kappa shape index (κ3) is 9.21. The number of aryl methyl sites for hydroxylation is 1. The zero-order valence-corrected chi connectivity index (χ0v) is 33.8. The summed E-state index contributed by atoms with van der Waals surface area (Å²) in [6.07, 6.45) is 8.08. The highest BCUT2D eigenvalue weighted by atomic mass is 35.5. The number of rotatable bonds is 14. The van der Waals surface area contributed by atoms with Crippen molar-refractivity contribution in [2.24, 2.45) is 0 Å². The SMILES string of the molecule is CC(=O)c1c(C)c2cnc(Nc3ccc(N4CCN(CCN5CCN(c6ccc(N(C)CCC(=O)NC=O)c(Cl)c6)CC5)CC4)cn3)nc2n(C2CCCC2)c1=O. The number of hydrogen-bond acceptors (Lipinski definition) is 13. The van der Waals surface area contributed by atoms with Crippen LogP contribution in [-0.2, 0) is 9.59 Å². The molecule has 3 fully saturated rings. The van der Waals surface area contributed by atoms with Crippen molar-refractivity contribution < 1.29 is 14.4 Å². The minimum absolute atomic E-state index is 0.0203. The van der Waals surface area contributed by atoms with Crippen LogP contribution in [0.4, 0.5) is 28.8 Å². The molecule has 7 rings (SSSR count). The van der Waals surface area contributed by atoms with Crippen LogP contribution in [0.25, 0.3) is 11.0 Å². The number of nitrogens with one attached hydrogen (secondary N) is 2. The van der Waals surface area contributed by atoms with Crippen molar-refractivity contribution in [1.29, 1.82) is 0 Å². The molecular weight excluding hydrogens is 746 g/mol. The van der Waals surface area contributed by atoms with Crippen LogP contribution in [0, 0.1) is 6.92 Å². The number of imide groups is 1. The van der Waals surface area contributed by atoms with E-state index in [-0.39, 0.29) is 35.3 Å². The molecule has 0 spiro atoms. The first-order valence-corrected chi connectivity index (χ1v) is 20.3. The van der Waals surface area contributed by atoms with Gasteiger partial charge in [-0.1, -0.05) is 24.4 Å². The molecule has 0 bridgehead atoms. The van der Waals surface area contributed by atoms with Crippen molar-refractivity contribution in [2.45, 2.75) is 52.0 Å². The maximum Gasteiger partial charge on any atom is 0.263 e. The molecule has 0 unspecified atom stereocenters. The molecule has 1 aromatic carbocycles. The summed E-state index contributed by atoms with van der Waals surface area (Å²) in [4.78, 5) is 73.9. The molecule has 2 aliphatic heterocycles. The lowest BCUT2D eigenvalue weighted by atomic mass is 10.0. The normalized spacial score (nSPS) is 16.9. The molecule has 5 heterocycles. The molecular formula is C41H52ClN11O4. The largest absolute Gasteiger partial charge is 0.373 e. The molecule has 3 aromatic heterocycles. The molecule has 3 aliphatic rings. The third-order valence-corrected chi connectivity index (χ3v) is 12.0. The predicted molar refractivity (Wildman–Crippen MR) is 224 cm³/mol. The molecule has 1 aliphatic carbocycles. The number of hydrogen-bond donors (Lipinski definition) is 2. The highest BCUT2D eigenvalue weighted by Gasteiger charge is 2.26. The second kappa shape index (κ2) is 18.0. The number of Topliss-reactive ketones (excluding diaryl/α,β-unsaturated/α-hetero) is 1. The third-order valence-electron chi connectivity index (χ3n) is 11.7. The van der Waals surface area contributed by atoms with E-state index in [1.54, 1.807) is 17.7 Å². The summed E-state index contributed by atoms with van der Waals surface area (Å²) >= 11 is 6.66. The molecule has 302 valence electrons. The number of pyridine rings is 2. The Bertz CT molecular complexity index is 2140. The quantitative estimate of drug-likeness (QED) is 0.138. The Hall–Kier alpha value is -5.12. The Morgan fingerprint density at radius 3 is 2.16 bits per heavy atom. The van der Waals surface area contributed by atoms with Gasteiger partial charge >= 0.3 is 0 Å². The number of fused-ring (bicyclic) bond motifs is 1. The molecule has 2 amide bonds. The molecule has 2 saturated heterocycles. The standard InChI is InChI=1S/C41H52ClN11O4/c1-28-33-26-44-41(47-39(33)53(30-6-4-5-7-30)40(57)38(28)29(2)55)46-36-11-9-32(25-43-36)52-22-18-50(19-23-52)15-14-49-16-20-51(21-17-49)31-8-10-35(34(42)24-31)48(3)13-12-37(56)45-27-54/h8-11,24-27,30H,4-7,12-23H2,1-3H3,(H,45,54,56)(H,43,44,46,47). The van der Waals surface area contributed by atoms with Crippen molar-refractivity contribution in [1.82, 2.24) is 34.6 Å². The zero-order chi connectivity index (χ0) is 40.1. The van der Waals surface area contributed by atoms with E-state index in [9.17, 15) is 19.2 Å². The molecule has 1 saturated carbocycles. The van der Waals surface area contributed by atoms with Crippen LogP contribution in [0.2, 0.25) is 5.02 Å². The fourth-order valence-electron chi connectivity index (χ4n) is 8.34. The molecule has 0 radical (unpaired) electrons. The zero-order valence-electron chi connectivity index (χ0n) is 33.0. The molecule has 16 heteroatoms. The van der Waals surface area contributed by atoms with E-state index in [0.29, 0.717) is 41.0 Å². The van der Waals surface area contributed by atoms with Gasteiger partial charge < -0.3 is 20.0 Å². The van der Waals surface area contributed by atoms with E-state index >= 15 is 0 Å². The van der Waals surface area contributed by atoms with E-state index in [1.165, 1.54) is 6.92 Å². The lowest BCUT2D eigenvalue weighted by molar-refractivity contribution is -0.125. The summed E-state index contributed by atoms with van der Waals surface area (Å²) in [5.41, 5.74) is 4.16. The van der Waals surface area contributed by atoms with Crippen LogP contribution in [0.1, 0.15) is 61.0 Å². The first-order chi connectivity index (χ1) is 27.6. The van der Waals surface area contributed by atoms with Crippen molar-refractivity contribution >= 4 is 69.6 Å². The first-order valence-electron chi connectivity index (χ1n) is 19.9. The Balaban J connectivity index is 0.871. The van der Waals surface area contributed by atoms with Gasteiger partial charge in [-0.15, -0.1) is 0 Å². The average molecular weight is 798 g/mol. The summed E-state index contributed by atoms with van der Waals surface area (Å²) in [5.74, 6) is 0.429. The van der Waals surface area contributed by atoms with E-state index in [2.05, 4.69) is 52.3 Å². The minimum Gasteiger partial charge on any atom is -0.373 e. The van der Waals surface area contributed by atoms with Gasteiger partial charge in [0.1, 0.15) is 11.5 Å². The number of nitrogens with zero attached hydrogens (tertiary/aromatic N) is 9. The number of ketones is 1. The van der Waals surface area contributed by atoms with Crippen molar-refractivity contribution in [3.63, 3.8) is 0 Å². The van der Waals surface area contributed by atoms with Crippen molar-refractivity contribution in [3.8, 4) is 0 Å². The van der Waals surface area contributed by atoms with Crippen molar-refractivity contribution in [2.75, 3.05) is 99.1 Å². The van der Waals surface area contributed by atoms with E-state index in [1.807, 2.05) is 36.3 Å². The number of halogens is 1. The van der Waals surface area contributed by atoms with Crippen LogP contribution in [0.15, 0.2) is 47.5 Å². The summed E-state index contributed by atoms with van der Waals surface area (Å²) in [6.45, 7) is 13.4. The lowest BCUT2D eigenvalue weighted by Gasteiger charge is -2.39. The Labute approximate surface area is 338 Å². The first kappa shape index (κ1) is 40.1. The van der Waals surface area contributed by atoms with Gasteiger partial charge in [0.15, 0.2) is 5.78 Å². The lowest BCUT2D eigenvalue weighted by Crippen LogP contribution is -2.51. The monoisotopic (exact) mass is 797 g/mol. The van der Waals surface area contributed by atoms with Crippen LogP contribution < -0.4 is 30.9 Å². The number of anilines is 5. The number of carbonyl (C=O) groups is 3. The van der Waals surface area contributed by atoms with Gasteiger partial charge in [0.2, 0.25) is 18.3 Å². The smallest absolute Gasteiger partial charge is 0.263 e. The second-order valence-corrected chi connectivity index (χ2v) is 15.7. The number of carbonyl (C=O) groups excluding carboxylic acids is 3. The van der Waals surface area contributed by atoms with Crippen LogP contribution in [-0.4, -0.2) is 126 Å². The molecule has 0 atom stereocenters. The fraction of sp³-hybridized carbons (Fsp3) is 0.488. The predicted octanol–water partition coefficient (Wildman–Crippen LogP) is 4.25. The average Bonchev–Trinajstić information content (AvgIpc) is 3.74. The fourth-order valence-corrected chi connectivity index (χ4v) is 8.66. The van der Waals surface area contributed by atoms with Crippen LogP contribution in [0.5, 0.6) is 0 Å². The van der Waals surface area contributed by atoms with Gasteiger partial charge in [-0.3, -0.25) is 38.9 Å². The summed E-state index contributed by atoms with van der Waals surface area (Å²) in [6, 6.07) is 10.1. The Morgan fingerprint density at radius 1 is 0.912 bits per heavy atom. The van der Waals surface area contributed by atoms with E-state index in [4.69, 9.17) is 16.6 Å². The summed E-state index contributed by atoms with van der Waals surface area (Å²) in [5, 5.41) is 6.75. The Morgan fingerprint density at radius 2 is 1.56 bits per heavy atom. The highest BCUT2D eigenvalue weighted by molar-refractivity contribution is 6.33. The number of amides is 2. The van der Waals surface area contributed by atoms with Gasteiger partial charge in [-0.25, -0.2) is 9.97 Å². The van der Waals surface area contributed by atoms with Gasteiger partial charge in [-0.2, -0.15) is 4.98 Å². The summed E-state index contributed by atoms with van der Waals surface area (Å²) in [7, 11) is 1.89. The summed E-state index contributed by atoms with van der Waals surface area (Å²) < 4.78 is 1.72. The topological polar surface area (TPSA) is 152 Å². The van der Waals surface area contributed by atoms with Gasteiger partial charge in [0, 0.05) is 109 Å². The van der Waals surface area contributed by atoms with E-state index < -0.39 is 0 Å². The number of piperazine rings is 2. The molecule has 15 nitrogen and oxygen atoms in total. The van der Waals surface area contributed by atoms with Gasteiger partial charge in [0.25, 0.3) is 5.56 Å². The minimum atomic E-state index is -0.314. The van der Waals surface area contributed by atoms with Gasteiger partial charge in [0.05, 0.1) is 28.2 Å². The molecule has 4 aromatic rings. The van der Waals surface area contributed by atoms with Crippen molar-refractivity contribution in [3.05, 3.63) is 69.2 Å².